The molecule has 1 saturated heterocycles. The minimum atomic E-state index is -0.652. The van der Waals surface area contributed by atoms with Gasteiger partial charge >= 0.3 is 0 Å². The molecule has 3 aromatic heterocycles. The molecular formula is C26H30N6O3. The number of fused-ring (bicyclic) bond motifs is 2. The Morgan fingerprint density at radius 2 is 2.06 bits per heavy atom. The average Bonchev–Trinajstić information content (AvgIpc) is 3.52. The highest BCUT2D eigenvalue weighted by atomic mass is 16.6. The van der Waals surface area contributed by atoms with Crippen LogP contribution in [0.4, 0.5) is 11.5 Å². The Morgan fingerprint density at radius 1 is 1.20 bits per heavy atom. The standard InChI is InChI=1S/C26H30N6O3/c1-3-15-10-21(31(2)16-4-5-16)18-7-6-17(11-20(18)30-15)34-13-23-22(33)12-24(35-23)32-9-8-19-25(27)28-14-29-26(19)32/h6-11,14,16,22-24,33H,3-5,12-13H2,1-2H3,(H2,27,28,29)/t22-,23+,24+/m0/s1. The van der Waals surface area contributed by atoms with Crippen molar-refractivity contribution in [2.24, 2.45) is 0 Å². The number of nitrogens with two attached hydrogens (primary N) is 1. The minimum Gasteiger partial charge on any atom is -0.491 e. The van der Waals surface area contributed by atoms with Crippen molar-refractivity contribution in [3.63, 3.8) is 0 Å². The van der Waals surface area contributed by atoms with Gasteiger partial charge in [-0.15, -0.1) is 0 Å². The predicted octanol–water partition coefficient (Wildman–Crippen LogP) is 3.45. The van der Waals surface area contributed by atoms with Gasteiger partial charge in [-0.2, -0.15) is 0 Å². The quantitative estimate of drug-likeness (QED) is 0.419. The topological polar surface area (TPSA) is 112 Å². The van der Waals surface area contributed by atoms with E-state index < -0.39 is 12.2 Å². The monoisotopic (exact) mass is 474 g/mol. The molecule has 0 amide bonds. The number of rotatable bonds is 7. The van der Waals surface area contributed by atoms with Gasteiger partial charge in [0, 0.05) is 48.5 Å². The molecule has 1 aliphatic heterocycles. The molecule has 9 heteroatoms. The lowest BCUT2D eigenvalue weighted by molar-refractivity contribution is -0.0379. The zero-order valence-corrected chi connectivity index (χ0v) is 20.0. The normalized spacial score (nSPS) is 22.2. The zero-order chi connectivity index (χ0) is 24.1. The number of aromatic nitrogens is 4. The third kappa shape index (κ3) is 4.04. The first-order chi connectivity index (χ1) is 17.0. The molecule has 1 saturated carbocycles. The fraction of sp³-hybridized carbons (Fsp3) is 0.423. The molecule has 0 unspecified atom stereocenters. The van der Waals surface area contributed by atoms with E-state index in [1.807, 2.05) is 29.0 Å². The third-order valence-corrected chi connectivity index (χ3v) is 7.12. The molecule has 35 heavy (non-hydrogen) atoms. The molecule has 3 N–H and O–H groups in total. The van der Waals surface area contributed by atoms with Crippen molar-refractivity contribution in [2.75, 3.05) is 24.3 Å². The van der Waals surface area contributed by atoms with Crippen LogP contribution in [-0.4, -0.2) is 56.5 Å². The van der Waals surface area contributed by atoms with Crippen molar-refractivity contribution in [3.05, 3.63) is 48.5 Å². The number of nitrogens with zero attached hydrogens (tertiary/aromatic N) is 5. The number of aliphatic hydroxyl groups excluding tert-OH is 1. The molecule has 9 nitrogen and oxygen atoms in total. The molecule has 4 aromatic rings. The number of anilines is 2. The van der Waals surface area contributed by atoms with Crippen LogP contribution in [0.5, 0.6) is 5.75 Å². The number of pyridine rings is 1. The number of benzene rings is 1. The summed E-state index contributed by atoms with van der Waals surface area (Å²) in [6.45, 7) is 2.36. The first kappa shape index (κ1) is 22.1. The number of aryl methyl sites for hydroxylation is 1. The minimum absolute atomic E-state index is 0.238. The van der Waals surface area contributed by atoms with Crippen molar-refractivity contribution >= 4 is 33.4 Å². The smallest absolute Gasteiger partial charge is 0.147 e. The number of hydrogen-bond donors (Lipinski definition) is 2. The fourth-order valence-corrected chi connectivity index (χ4v) is 4.90. The summed E-state index contributed by atoms with van der Waals surface area (Å²) in [5.74, 6) is 1.14. The summed E-state index contributed by atoms with van der Waals surface area (Å²) in [5.41, 5.74) is 9.86. The molecular weight excluding hydrogens is 444 g/mol. The van der Waals surface area contributed by atoms with E-state index in [-0.39, 0.29) is 12.8 Å². The molecule has 6 rings (SSSR count). The van der Waals surface area contributed by atoms with Crippen molar-refractivity contribution < 1.29 is 14.6 Å². The van der Waals surface area contributed by atoms with Crippen LogP contribution in [0.3, 0.4) is 0 Å². The van der Waals surface area contributed by atoms with Gasteiger partial charge in [0.25, 0.3) is 0 Å². The molecule has 0 bridgehead atoms. The lowest BCUT2D eigenvalue weighted by atomic mass is 10.1. The van der Waals surface area contributed by atoms with E-state index in [0.717, 1.165) is 28.4 Å². The van der Waals surface area contributed by atoms with Crippen LogP contribution in [0.2, 0.25) is 0 Å². The summed E-state index contributed by atoms with van der Waals surface area (Å²) >= 11 is 0. The van der Waals surface area contributed by atoms with Gasteiger partial charge < -0.3 is 29.8 Å². The van der Waals surface area contributed by atoms with Gasteiger partial charge in [0.05, 0.1) is 17.0 Å². The summed E-state index contributed by atoms with van der Waals surface area (Å²) in [6, 6.07) is 10.7. The number of aliphatic hydroxyl groups is 1. The molecule has 4 heterocycles. The van der Waals surface area contributed by atoms with Gasteiger partial charge in [-0.25, -0.2) is 9.97 Å². The van der Waals surface area contributed by atoms with E-state index >= 15 is 0 Å². The van der Waals surface area contributed by atoms with Crippen LogP contribution in [0.15, 0.2) is 42.9 Å². The van der Waals surface area contributed by atoms with E-state index in [4.69, 9.17) is 20.2 Å². The average molecular weight is 475 g/mol. The van der Waals surface area contributed by atoms with Gasteiger partial charge in [0.2, 0.25) is 0 Å². The SMILES string of the molecule is CCc1cc(N(C)C2CC2)c2ccc(OC[C@H]3O[C@@H](n4ccc5c(N)ncnc54)C[C@@H]3O)cc2n1. The van der Waals surface area contributed by atoms with E-state index in [9.17, 15) is 5.11 Å². The molecule has 3 atom stereocenters. The number of ether oxygens (including phenoxy) is 2. The summed E-state index contributed by atoms with van der Waals surface area (Å²) in [4.78, 5) is 15.6. The van der Waals surface area contributed by atoms with E-state index in [1.54, 1.807) is 0 Å². The fourth-order valence-electron chi connectivity index (χ4n) is 4.90. The molecule has 1 aromatic carbocycles. The summed E-state index contributed by atoms with van der Waals surface area (Å²) in [5, 5.41) is 12.6. The van der Waals surface area contributed by atoms with Crippen molar-refractivity contribution in [2.45, 2.75) is 57.1 Å². The molecule has 2 fully saturated rings. The molecule has 1 aliphatic carbocycles. The van der Waals surface area contributed by atoms with E-state index in [0.29, 0.717) is 29.7 Å². The highest BCUT2D eigenvalue weighted by Gasteiger charge is 2.36. The second kappa shape index (κ2) is 8.66. The van der Waals surface area contributed by atoms with E-state index in [1.165, 1.54) is 24.9 Å². The van der Waals surface area contributed by atoms with Gasteiger partial charge in [0.15, 0.2) is 0 Å². The predicted molar refractivity (Wildman–Crippen MR) is 135 cm³/mol. The Hall–Kier alpha value is -3.43. The highest BCUT2D eigenvalue weighted by molar-refractivity contribution is 5.93. The zero-order valence-electron chi connectivity index (χ0n) is 20.0. The Balaban J connectivity index is 1.19. The largest absolute Gasteiger partial charge is 0.491 e. The Bertz CT molecular complexity index is 1380. The van der Waals surface area contributed by atoms with Crippen LogP contribution in [-0.2, 0) is 11.2 Å². The van der Waals surface area contributed by atoms with Crippen molar-refractivity contribution in [1.82, 2.24) is 19.5 Å². The Kier molecular flexibility index (Phi) is 5.46. The molecule has 182 valence electrons. The Labute approximate surface area is 203 Å². The van der Waals surface area contributed by atoms with E-state index in [2.05, 4.69) is 41.0 Å². The van der Waals surface area contributed by atoms with Crippen molar-refractivity contribution in [3.8, 4) is 5.75 Å². The molecule has 2 aliphatic rings. The second-order valence-electron chi connectivity index (χ2n) is 9.47. The first-order valence-corrected chi connectivity index (χ1v) is 12.2. The maximum absolute atomic E-state index is 10.7. The van der Waals surface area contributed by atoms with Gasteiger partial charge in [-0.05, 0) is 43.5 Å². The molecule has 0 radical (unpaired) electrons. The first-order valence-electron chi connectivity index (χ1n) is 12.2. The van der Waals surface area contributed by atoms with Crippen LogP contribution >= 0.6 is 0 Å². The summed E-state index contributed by atoms with van der Waals surface area (Å²) in [6.07, 6.45) is 5.65. The maximum atomic E-state index is 10.7. The third-order valence-electron chi connectivity index (χ3n) is 7.12. The van der Waals surface area contributed by atoms with Crippen LogP contribution in [0, 0.1) is 0 Å². The van der Waals surface area contributed by atoms with Gasteiger partial charge in [-0.3, -0.25) is 4.98 Å². The maximum Gasteiger partial charge on any atom is 0.147 e. The lowest BCUT2D eigenvalue weighted by Gasteiger charge is -2.22. The second-order valence-corrected chi connectivity index (χ2v) is 9.47. The Morgan fingerprint density at radius 3 is 2.86 bits per heavy atom. The lowest BCUT2D eigenvalue weighted by Crippen LogP contribution is -2.28. The number of nitrogen functional groups attached to an aromatic ring is 1. The van der Waals surface area contributed by atoms with Crippen LogP contribution < -0.4 is 15.4 Å². The van der Waals surface area contributed by atoms with Crippen molar-refractivity contribution in [1.29, 1.82) is 0 Å². The van der Waals surface area contributed by atoms with Gasteiger partial charge in [0.1, 0.15) is 42.5 Å². The van der Waals surface area contributed by atoms with Crippen LogP contribution in [0.25, 0.3) is 21.9 Å². The summed E-state index contributed by atoms with van der Waals surface area (Å²) < 4.78 is 14.1. The van der Waals surface area contributed by atoms with Crippen LogP contribution in [0.1, 0.15) is 38.1 Å². The van der Waals surface area contributed by atoms with Gasteiger partial charge in [-0.1, -0.05) is 6.92 Å². The highest BCUT2D eigenvalue weighted by Crippen LogP contribution is 2.36. The summed E-state index contributed by atoms with van der Waals surface area (Å²) in [7, 11) is 2.17. The molecule has 0 spiro atoms. The number of hydrogen-bond acceptors (Lipinski definition) is 8.